The molecule has 18 heavy (non-hydrogen) atoms. The molecular formula is C12H16Cl2N2OS. The highest BCUT2D eigenvalue weighted by Gasteiger charge is 2.21. The van der Waals surface area contributed by atoms with Gasteiger partial charge in [-0.2, -0.15) is 0 Å². The minimum Gasteiger partial charge on any atom is -0.325 e. The smallest absolute Gasteiger partial charge is 0.241 e. The summed E-state index contributed by atoms with van der Waals surface area (Å²) in [6.45, 7) is 0.921. The van der Waals surface area contributed by atoms with Crippen LogP contribution in [0.2, 0.25) is 5.02 Å². The fraction of sp³-hybridized carbons (Fsp3) is 0.417. The number of nitrogens with one attached hydrogen (secondary N) is 2. The van der Waals surface area contributed by atoms with Crippen LogP contribution in [0.15, 0.2) is 23.1 Å². The van der Waals surface area contributed by atoms with Crippen molar-refractivity contribution in [2.75, 3.05) is 18.1 Å². The average Bonchev–Trinajstić information content (AvgIpc) is 2.82. The summed E-state index contributed by atoms with van der Waals surface area (Å²) in [6.07, 6.45) is 3.94. The summed E-state index contributed by atoms with van der Waals surface area (Å²) in [5, 5.41) is 6.72. The Morgan fingerprint density at radius 1 is 1.56 bits per heavy atom. The SMILES string of the molecule is CSc1ccc(NC(=O)C2CCCN2)cc1Cl.Cl. The standard InChI is InChI=1S/C12H15ClN2OS.ClH/c1-17-11-5-4-8(7-9(11)13)15-12(16)10-3-2-6-14-10;/h4-5,7,10,14H,2-3,6H2,1H3,(H,15,16);1H. The fourth-order valence-corrected chi connectivity index (χ4v) is 2.75. The molecule has 1 fully saturated rings. The number of rotatable bonds is 3. The summed E-state index contributed by atoms with van der Waals surface area (Å²) in [7, 11) is 0. The Balaban J connectivity index is 0.00000162. The Labute approximate surface area is 122 Å². The lowest BCUT2D eigenvalue weighted by atomic mass is 10.2. The zero-order valence-corrected chi connectivity index (χ0v) is 12.4. The lowest BCUT2D eigenvalue weighted by molar-refractivity contribution is -0.117. The predicted molar refractivity (Wildman–Crippen MR) is 80.1 cm³/mol. The van der Waals surface area contributed by atoms with Gasteiger partial charge in [0.15, 0.2) is 0 Å². The molecule has 3 nitrogen and oxygen atoms in total. The third-order valence-corrected chi connectivity index (χ3v) is 4.02. The first kappa shape index (κ1) is 15.6. The van der Waals surface area contributed by atoms with Crippen molar-refractivity contribution in [3.8, 4) is 0 Å². The average molecular weight is 307 g/mol. The summed E-state index contributed by atoms with van der Waals surface area (Å²) >= 11 is 7.68. The first-order valence-corrected chi connectivity index (χ1v) is 7.19. The van der Waals surface area contributed by atoms with Gasteiger partial charge in [0, 0.05) is 10.6 Å². The monoisotopic (exact) mass is 306 g/mol. The van der Waals surface area contributed by atoms with E-state index in [1.54, 1.807) is 17.8 Å². The van der Waals surface area contributed by atoms with Gasteiger partial charge in [0.25, 0.3) is 0 Å². The predicted octanol–water partition coefficient (Wildman–Crippen LogP) is 3.17. The van der Waals surface area contributed by atoms with Crippen molar-refractivity contribution in [1.82, 2.24) is 5.32 Å². The highest BCUT2D eigenvalue weighted by Crippen LogP contribution is 2.28. The van der Waals surface area contributed by atoms with E-state index in [9.17, 15) is 4.79 Å². The maximum Gasteiger partial charge on any atom is 0.241 e. The van der Waals surface area contributed by atoms with E-state index < -0.39 is 0 Å². The number of benzene rings is 1. The third kappa shape index (κ3) is 3.79. The second-order valence-electron chi connectivity index (χ2n) is 3.99. The van der Waals surface area contributed by atoms with E-state index >= 15 is 0 Å². The molecule has 1 heterocycles. The van der Waals surface area contributed by atoms with Gasteiger partial charge in [-0.1, -0.05) is 11.6 Å². The summed E-state index contributed by atoms with van der Waals surface area (Å²) in [6, 6.07) is 5.53. The van der Waals surface area contributed by atoms with E-state index in [1.807, 2.05) is 18.4 Å². The van der Waals surface area contributed by atoms with E-state index in [1.165, 1.54) is 0 Å². The number of carbonyl (C=O) groups is 1. The summed E-state index contributed by atoms with van der Waals surface area (Å²) in [5.74, 6) is 0.0236. The van der Waals surface area contributed by atoms with Crippen LogP contribution >= 0.6 is 35.8 Å². The molecule has 0 aromatic heterocycles. The van der Waals surface area contributed by atoms with Crippen molar-refractivity contribution in [3.05, 3.63) is 23.2 Å². The Morgan fingerprint density at radius 3 is 2.89 bits per heavy atom. The summed E-state index contributed by atoms with van der Waals surface area (Å²) in [4.78, 5) is 12.9. The van der Waals surface area contributed by atoms with Gasteiger partial charge in [-0.15, -0.1) is 24.2 Å². The maximum atomic E-state index is 11.9. The molecule has 1 amide bonds. The highest BCUT2D eigenvalue weighted by molar-refractivity contribution is 7.98. The molecule has 0 saturated carbocycles. The van der Waals surface area contributed by atoms with Crippen LogP contribution in [0.5, 0.6) is 0 Å². The molecule has 0 bridgehead atoms. The highest BCUT2D eigenvalue weighted by atomic mass is 35.5. The molecule has 100 valence electrons. The summed E-state index contributed by atoms with van der Waals surface area (Å²) < 4.78 is 0. The van der Waals surface area contributed by atoms with Crippen LogP contribution in [0.4, 0.5) is 5.69 Å². The molecule has 1 saturated heterocycles. The topological polar surface area (TPSA) is 41.1 Å². The number of halogens is 2. The van der Waals surface area contributed by atoms with Gasteiger partial charge < -0.3 is 10.6 Å². The maximum absolute atomic E-state index is 11.9. The number of anilines is 1. The normalized spacial score (nSPS) is 18.2. The number of carbonyl (C=O) groups excluding carboxylic acids is 1. The van der Waals surface area contributed by atoms with E-state index in [-0.39, 0.29) is 24.4 Å². The van der Waals surface area contributed by atoms with Crippen LogP contribution in [0, 0.1) is 0 Å². The first-order chi connectivity index (χ1) is 8.20. The number of amides is 1. The molecule has 1 unspecified atom stereocenters. The van der Waals surface area contributed by atoms with Crippen molar-refractivity contribution in [2.24, 2.45) is 0 Å². The molecule has 6 heteroatoms. The van der Waals surface area contributed by atoms with E-state index in [2.05, 4.69) is 10.6 Å². The van der Waals surface area contributed by atoms with Crippen LogP contribution in [0.25, 0.3) is 0 Å². The van der Waals surface area contributed by atoms with Gasteiger partial charge in [0.05, 0.1) is 11.1 Å². The van der Waals surface area contributed by atoms with Crippen LogP contribution in [-0.4, -0.2) is 24.7 Å². The van der Waals surface area contributed by atoms with Crippen LogP contribution in [-0.2, 0) is 4.79 Å². The van der Waals surface area contributed by atoms with Crippen LogP contribution in [0.1, 0.15) is 12.8 Å². The molecule has 1 atom stereocenters. The molecule has 2 rings (SSSR count). The Morgan fingerprint density at radius 2 is 2.33 bits per heavy atom. The van der Waals surface area contributed by atoms with E-state index in [4.69, 9.17) is 11.6 Å². The van der Waals surface area contributed by atoms with E-state index in [0.717, 1.165) is 30.0 Å². The fourth-order valence-electron chi connectivity index (χ4n) is 1.88. The molecule has 1 aromatic carbocycles. The van der Waals surface area contributed by atoms with Gasteiger partial charge in [0.1, 0.15) is 0 Å². The zero-order valence-electron chi connectivity index (χ0n) is 10.0. The zero-order chi connectivity index (χ0) is 12.3. The van der Waals surface area contributed by atoms with Crippen molar-refractivity contribution < 1.29 is 4.79 Å². The summed E-state index contributed by atoms with van der Waals surface area (Å²) in [5.41, 5.74) is 0.756. The Bertz CT molecular complexity index is 423. The minimum absolute atomic E-state index is 0. The number of hydrogen-bond acceptors (Lipinski definition) is 3. The van der Waals surface area contributed by atoms with E-state index in [0.29, 0.717) is 5.02 Å². The third-order valence-electron chi connectivity index (χ3n) is 2.80. The van der Waals surface area contributed by atoms with Gasteiger partial charge in [0.2, 0.25) is 5.91 Å². The van der Waals surface area contributed by atoms with Crippen molar-refractivity contribution in [1.29, 1.82) is 0 Å². The Hall–Kier alpha value is -0.420. The van der Waals surface area contributed by atoms with Gasteiger partial charge >= 0.3 is 0 Å². The molecule has 1 aromatic rings. The molecule has 1 aliphatic heterocycles. The van der Waals surface area contributed by atoms with Crippen LogP contribution in [0.3, 0.4) is 0 Å². The van der Waals surface area contributed by atoms with Crippen molar-refractivity contribution in [2.45, 2.75) is 23.8 Å². The molecule has 0 spiro atoms. The molecule has 0 aliphatic carbocycles. The Kier molecular flexibility index (Phi) is 6.29. The largest absolute Gasteiger partial charge is 0.325 e. The second-order valence-corrected chi connectivity index (χ2v) is 5.24. The lowest BCUT2D eigenvalue weighted by Crippen LogP contribution is -2.35. The number of thioether (sulfide) groups is 1. The van der Waals surface area contributed by atoms with Crippen molar-refractivity contribution in [3.63, 3.8) is 0 Å². The number of hydrogen-bond donors (Lipinski definition) is 2. The minimum atomic E-state index is -0.0611. The first-order valence-electron chi connectivity index (χ1n) is 5.58. The van der Waals surface area contributed by atoms with Crippen LogP contribution < -0.4 is 10.6 Å². The lowest BCUT2D eigenvalue weighted by Gasteiger charge is -2.12. The van der Waals surface area contributed by atoms with Crippen molar-refractivity contribution >= 4 is 47.4 Å². The molecule has 1 aliphatic rings. The van der Waals surface area contributed by atoms with Gasteiger partial charge in [-0.05, 0) is 43.8 Å². The quantitative estimate of drug-likeness (QED) is 0.843. The molecular weight excluding hydrogens is 291 g/mol. The molecule has 0 radical (unpaired) electrons. The van der Waals surface area contributed by atoms with Gasteiger partial charge in [-0.25, -0.2) is 0 Å². The second kappa shape index (κ2) is 7.24. The molecule has 2 N–H and O–H groups in total. The van der Waals surface area contributed by atoms with Gasteiger partial charge in [-0.3, -0.25) is 4.79 Å².